The molecule has 0 radical (unpaired) electrons. The molecule has 0 unspecified atom stereocenters. The van der Waals surface area contributed by atoms with E-state index in [0.29, 0.717) is 13.2 Å². The van der Waals surface area contributed by atoms with Crippen LogP contribution in [0.15, 0.2) is 6.07 Å². The summed E-state index contributed by atoms with van der Waals surface area (Å²) in [7, 11) is 1.89. The summed E-state index contributed by atoms with van der Waals surface area (Å²) in [5, 5.41) is 0.285. The Balaban J connectivity index is 1.34. The summed E-state index contributed by atoms with van der Waals surface area (Å²) < 4.78 is 12.4. The van der Waals surface area contributed by atoms with E-state index in [-0.39, 0.29) is 29.9 Å². The number of carbonyl (C=O) groups excluding carboxylic acids is 1. The smallest absolute Gasteiger partial charge is 0.248 e. The molecule has 29 heavy (non-hydrogen) atoms. The Kier molecular flexibility index (Phi) is 5.34. The van der Waals surface area contributed by atoms with E-state index in [4.69, 9.17) is 21.1 Å². The third-order valence-corrected chi connectivity index (χ3v) is 7.26. The minimum Gasteiger partial charge on any atom is -0.378 e. The van der Waals surface area contributed by atoms with E-state index in [1.165, 1.54) is 4.88 Å². The van der Waals surface area contributed by atoms with E-state index < -0.39 is 0 Å². The summed E-state index contributed by atoms with van der Waals surface area (Å²) in [5.74, 6) is 0.990. The summed E-state index contributed by atoms with van der Waals surface area (Å²) in [4.78, 5) is 28.6. The Hall–Kier alpha value is -1.52. The fourth-order valence-corrected chi connectivity index (χ4v) is 5.73. The second-order valence-electron chi connectivity index (χ2n) is 7.79. The standard InChI is InChI=1S/C19H24ClN5O3S/c1-23-14-2-3-24(10-15(14)28-11-16(23)26)9-12-8-13-17(29-12)18(22-19(20)21-13)25-4-6-27-7-5-25/h8,14-15H,2-7,9-11H2,1H3/t14-,15-/m1/s1. The maximum atomic E-state index is 11.9. The van der Waals surface area contributed by atoms with Crippen LogP contribution < -0.4 is 4.90 Å². The summed E-state index contributed by atoms with van der Waals surface area (Å²) in [5.41, 5.74) is 0.903. The quantitative estimate of drug-likeness (QED) is 0.675. The molecule has 3 fully saturated rings. The largest absolute Gasteiger partial charge is 0.378 e. The summed E-state index contributed by atoms with van der Waals surface area (Å²) >= 11 is 7.95. The summed E-state index contributed by atoms with van der Waals surface area (Å²) in [6, 6.07) is 2.31. The van der Waals surface area contributed by atoms with Crippen molar-refractivity contribution in [2.45, 2.75) is 25.1 Å². The van der Waals surface area contributed by atoms with E-state index in [0.717, 1.165) is 55.2 Å². The van der Waals surface area contributed by atoms with Gasteiger partial charge in [0.15, 0.2) is 5.82 Å². The third-order valence-electron chi connectivity index (χ3n) is 5.99. The van der Waals surface area contributed by atoms with Gasteiger partial charge in [0, 0.05) is 44.6 Å². The second-order valence-corrected chi connectivity index (χ2v) is 9.26. The highest BCUT2D eigenvalue weighted by atomic mass is 35.5. The molecule has 3 aliphatic heterocycles. The van der Waals surface area contributed by atoms with Gasteiger partial charge in [-0.2, -0.15) is 4.98 Å². The Morgan fingerprint density at radius 3 is 2.93 bits per heavy atom. The molecule has 3 aliphatic rings. The maximum Gasteiger partial charge on any atom is 0.248 e. The van der Waals surface area contributed by atoms with Gasteiger partial charge in [0.1, 0.15) is 6.61 Å². The van der Waals surface area contributed by atoms with Crippen LogP contribution in [0.4, 0.5) is 5.82 Å². The average molecular weight is 438 g/mol. The zero-order chi connectivity index (χ0) is 20.0. The van der Waals surface area contributed by atoms with Crippen molar-refractivity contribution in [1.82, 2.24) is 19.8 Å². The van der Waals surface area contributed by atoms with E-state index in [1.807, 2.05) is 11.9 Å². The van der Waals surface area contributed by atoms with E-state index in [9.17, 15) is 4.79 Å². The molecule has 0 bridgehead atoms. The van der Waals surface area contributed by atoms with Crippen molar-refractivity contribution in [3.05, 3.63) is 16.2 Å². The number of carbonyl (C=O) groups is 1. The number of piperidine rings is 1. The number of ether oxygens (including phenoxy) is 2. The third kappa shape index (κ3) is 3.82. The van der Waals surface area contributed by atoms with Crippen molar-refractivity contribution >= 4 is 44.9 Å². The number of thiophene rings is 1. The number of fused-ring (bicyclic) bond motifs is 2. The first kappa shape index (κ1) is 19.4. The number of anilines is 1. The molecule has 8 nitrogen and oxygen atoms in total. The van der Waals surface area contributed by atoms with Crippen LogP contribution in [0.2, 0.25) is 5.28 Å². The highest BCUT2D eigenvalue weighted by Crippen LogP contribution is 2.34. The van der Waals surface area contributed by atoms with Crippen LogP contribution >= 0.6 is 22.9 Å². The number of hydrogen-bond acceptors (Lipinski definition) is 8. The number of nitrogens with zero attached hydrogens (tertiary/aromatic N) is 5. The Morgan fingerprint density at radius 2 is 2.10 bits per heavy atom. The molecule has 0 N–H and O–H groups in total. The van der Waals surface area contributed by atoms with Crippen LogP contribution in [-0.4, -0.2) is 90.9 Å². The molecule has 0 saturated carbocycles. The van der Waals surface area contributed by atoms with E-state index >= 15 is 0 Å². The molecular formula is C19H24ClN5O3S. The number of aromatic nitrogens is 2. The highest BCUT2D eigenvalue weighted by molar-refractivity contribution is 7.19. The zero-order valence-electron chi connectivity index (χ0n) is 16.3. The number of likely N-dealkylation sites (tertiary alicyclic amines) is 1. The van der Waals surface area contributed by atoms with Crippen molar-refractivity contribution < 1.29 is 14.3 Å². The topological polar surface area (TPSA) is 71.0 Å². The molecule has 2 aromatic heterocycles. The van der Waals surface area contributed by atoms with Gasteiger partial charge in [-0.25, -0.2) is 4.98 Å². The van der Waals surface area contributed by atoms with Gasteiger partial charge in [0.25, 0.3) is 0 Å². The lowest BCUT2D eigenvalue weighted by molar-refractivity contribution is -0.160. The van der Waals surface area contributed by atoms with Gasteiger partial charge >= 0.3 is 0 Å². The molecule has 156 valence electrons. The Morgan fingerprint density at radius 1 is 1.28 bits per heavy atom. The van der Waals surface area contributed by atoms with Crippen LogP contribution in [-0.2, 0) is 20.8 Å². The van der Waals surface area contributed by atoms with Crippen LogP contribution in [0.1, 0.15) is 11.3 Å². The van der Waals surface area contributed by atoms with E-state index in [1.54, 1.807) is 11.3 Å². The summed E-state index contributed by atoms with van der Waals surface area (Å²) in [6.45, 7) is 5.83. The lowest BCUT2D eigenvalue weighted by atomic mass is 9.98. The van der Waals surface area contributed by atoms with Crippen molar-refractivity contribution in [1.29, 1.82) is 0 Å². The average Bonchev–Trinajstić information content (AvgIpc) is 3.13. The first-order chi connectivity index (χ1) is 14.1. The molecular weight excluding hydrogens is 414 g/mol. The first-order valence-corrected chi connectivity index (χ1v) is 11.2. The first-order valence-electron chi connectivity index (χ1n) is 9.97. The van der Waals surface area contributed by atoms with Gasteiger partial charge in [-0.05, 0) is 24.1 Å². The number of likely N-dealkylation sites (N-methyl/N-ethyl adjacent to an activating group) is 1. The van der Waals surface area contributed by atoms with Crippen LogP contribution in [0.5, 0.6) is 0 Å². The zero-order valence-corrected chi connectivity index (χ0v) is 17.9. The van der Waals surface area contributed by atoms with Gasteiger partial charge < -0.3 is 19.3 Å². The number of rotatable bonds is 3. The van der Waals surface area contributed by atoms with Crippen molar-refractivity contribution in [3.8, 4) is 0 Å². The fraction of sp³-hybridized carbons (Fsp3) is 0.632. The van der Waals surface area contributed by atoms with Crippen molar-refractivity contribution in [2.24, 2.45) is 0 Å². The number of halogens is 1. The van der Waals surface area contributed by atoms with E-state index in [2.05, 4.69) is 25.8 Å². The predicted octanol–water partition coefficient (Wildman–Crippen LogP) is 1.61. The van der Waals surface area contributed by atoms with Crippen LogP contribution in [0.25, 0.3) is 10.2 Å². The molecule has 5 heterocycles. The Bertz CT molecular complexity index is 919. The van der Waals surface area contributed by atoms with Gasteiger partial charge in [-0.15, -0.1) is 11.3 Å². The minimum absolute atomic E-state index is 0.0790. The lowest BCUT2D eigenvalue weighted by Crippen LogP contribution is -2.59. The minimum atomic E-state index is 0.0790. The molecule has 2 atom stereocenters. The molecule has 0 spiro atoms. The fourth-order valence-electron chi connectivity index (χ4n) is 4.41. The number of amides is 1. The molecule has 0 aromatic carbocycles. The van der Waals surface area contributed by atoms with Gasteiger partial charge in [0.05, 0.1) is 35.6 Å². The molecule has 1 amide bonds. The van der Waals surface area contributed by atoms with Gasteiger partial charge in [0.2, 0.25) is 11.2 Å². The van der Waals surface area contributed by atoms with Crippen LogP contribution in [0.3, 0.4) is 0 Å². The number of morpholine rings is 2. The van der Waals surface area contributed by atoms with Gasteiger partial charge in [-0.1, -0.05) is 0 Å². The Labute approximate surface area is 178 Å². The van der Waals surface area contributed by atoms with Crippen LogP contribution in [0, 0.1) is 0 Å². The molecule has 5 rings (SSSR count). The van der Waals surface area contributed by atoms with Gasteiger partial charge in [-0.3, -0.25) is 9.69 Å². The summed E-state index contributed by atoms with van der Waals surface area (Å²) in [6.07, 6.45) is 1.02. The van der Waals surface area contributed by atoms with Crippen molar-refractivity contribution in [2.75, 3.05) is 57.9 Å². The number of hydrogen-bond donors (Lipinski definition) is 0. The second kappa shape index (κ2) is 7.96. The molecule has 10 heteroatoms. The SMILES string of the molecule is CN1C(=O)CO[C@@H]2CN(Cc3cc4nc(Cl)nc(N5CCOCC5)c4s3)CC[C@H]21. The monoisotopic (exact) mass is 437 g/mol. The molecule has 3 saturated heterocycles. The highest BCUT2D eigenvalue weighted by Gasteiger charge is 2.38. The predicted molar refractivity (Wildman–Crippen MR) is 112 cm³/mol. The maximum absolute atomic E-state index is 11.9. The molecule has 0 aliphatic carbocycles. The normalized spacial score (nSPS) is 26.2. The van der Waals surface area contributed by atoms with Crippen molar-refractivity contribution in [3.63, 3.8) is 0 Å². The molecule has 2 aromatic rings. The lowest BCUT2D eigenvalue weighted by Gasteiger charge is -2.45.